The SMILES string of the molecule is CC(C)(C)OC(=O)N1CCC(C2CC2COCc2ccc(S(C)(=O)=O)cc2F)CC1. The first-order chi connectivity index (χ1) is 13.9. The number of sulfone groups is 1. The quantitative estimate of drug-likeness (QED) is 0.666. The fraction of sp³-hybridized carbons (Fsp3) is 0.682. The maximum absolute atomic E-state index is 14.1. The van der Waals surface area contributed by atoms with Crippen molar-refractivity contribution in [3.05, 3.63) is 29.6 Å². The molecule has 2 unspecified atom stereocenters. The molecule has 1 aliphatic carbocycles. The Morgan fingerprint density at radius 1 is 1.23 bits per heavy atom. The number of ether oxygens (including phenoxy) is 2. The van der Waals surface area contributed by atoms with Crippen LogP contribution in [0.4, 0.5) is 9.18 Å². The number of likely N-dealkylation sites (tertiary alicyclic amines) is 1. The summed E-state index contributed by atoms with van der Waals surface area (Å²) < 4.78 is 48.2. The zero-order valence-corrected chi connectivity index (χ0v) is 19.0. The molecule has 0 N–H and O–H groups in total. The highest BCUT2D eigenvalue weighted by atomic mass is 32.2. The van der Waals surface area contributed by atoms with Gasteiger partial charge in [-0.3, -0.25) is 0 Å². The van der Waals surface area contributed by atoms with Crippen molar-refractivity contribution in [2.75, 3.05) is 26.0 Å². The van der Waals surface area contributed by atoms with Gasteiger partial charge in [-0.1, -0.05) is 6.07 Å². The van der Waals surface area contributed by atoms with Crippen LogP contribution in [0.3, 0.4) is 0 Å². The van der Waals surface area contributed by atoms with Crippen LogP contribution in [0.15, 0.2) is 23.1 Å². The molecule has 2 fully saturated rings. The molecule has 6 nitrogen and oxygen atoms in total. The van der Waals surface area contributed by atoms with Gasteiger partial charge >= 0.3 is 6.09 Å². The smallest absolute Gasteiger partial charge is 0.410 e. The second-order valence-corrected chi connectivity index (χ2v) is 11.5. The normalized spacial score (nSPS) is 22.8. The second kappa shape index (κ2) is 8.83. The van der Waals surface area contributed by atoms with Crippen LogP contribution in [0.25, 0.3) is 0 Å². The van der Waals surface area contributed by atoms with Gasteiger partial charge in [0.25, 0.3) is 0 Å². The molecule has 2 aliphatic rings. The van der Waals surface area contributed by atoms with E-state index >= 15 is 0 Å². The number of piperidine rings is 1. The number of nitrogens with zero attached hydrogens (tertiary/aromatic N) is 1. The number of amides is 1. The van der Waals surface area contributed by atoms with Crippen molar-refractivity contribution in [3.63, 3.8) is 0 Å². The maximum Gasteiger partial charge on any atom is 0.410 e. The second-order valence-electron chi connectivity index (χ2n) is 9.50. The summed E-state index contributed by atoms with van der Waals surface area (Å²) in [6.07, 6.45) is 3.88. The van der Waals surface area contributed by atoms with Gasteiger partial charge < -0.3 is 14.4 Å². The molecule has 3 rings (SSSR count). The molecule has 30 heavy (non-hydrogen) atoms. The van der Waals surface area contributed by atoms with Gasteiger partial charge in [0.1, 0.15) is 11.4 Å². The third kappa shape index (κ3) is 6.17. The Labute approximate surface area is 178 Å². The fourth-order valence-corrected chi connectivity index (χ4v) is 4.71. The van der Waals surface area contributed by atoms with Crippen molar-refractivity contribution in [1.29, 1.82) is 0 Å². The minimum atomic E-state index is -3.42. The third-order valence-corrected chi connectivity index (χ3v) is 6.93. The van der Waals surface area contributed by atoms with Crippen molar-refractivity contribution in [3.8, 4) is 0 Å². The highest BCUT2D eigenvalue weighted by Crippen LogP contribution is 2.48. The van der Waals surface area contributed by atoms with Crippen LogP contribution >= 0.6 is 0 Å². The largest absolute Gasteiger partial charge is 0.444 e. The Bertz CT molecular complexity index is 872. The molecule has 1 saturated heterocycles. The van der Waals surface area contributed by atoms with Crippen LogP contribution in [0.2, 0.25) is 0 Å². The van der Waals surface area contributed by atoms with E-state index in [0.29, 0.717) is 29.9 Å². The van der Waals surface area contributed by atoms with Crippen molar-refractivity contribution < 1.29 is 27.1 Å². The van der Waals surface area contributed by atoms with E-state index in [4.69, 9.17) is 9.47 Å². The monoisotopic (exact) mass is 441 g/mol. The van der Waals surface area contributed by atoms with E-state index in [9.17, 15) is 17.6 Å². The number of benzene rings is 1. The number of halogens is 1. The van der Waals surface area contributed by atoms with Crippen LogP contribution in [0, 0.1) is 23.6 Å². The Kier molecular flexibility index (Phi) is 6.77. The number of hydrogen-bond donors (Lipinski definition) is 0. The minimum absolute atomic E-state index is 0.0243. The van der Waals surface area contributed by atoms with Crippen LogP contribution < -0.4 is 0 Å². The molecule has 1 saturated carbocycles. The Morgan fingerprint density at radius 2 is 1.90 bits per heavy atom. The number of carbonyl (C=O) groups is 1. The van der Waals surface area contributed by atoms with E-state index < -0.39 is 21.3 Å². The van der Waals surface area contributed by atoms with E-state index in [1.54, 1.807) is 4.90 Å². The topological polar surface area (TPSA) is 72.9 Å². The first-order valence-electron chi connectivity index (χ1n) is 10.5. The van der Waals surface area contributed by atoms with Crippen molar-refractivity contribution in [1.82, 2.24) is 4.90 Å². The lowest BCUT2D eigenvalue weighted by molar-refractivity contribution is 0.0169. The minimum Gasteiger partial charge on any atom is -0.444 e. The first-order valence-corrected chi connectivity index (χ1v) is 12.4. The zero-order chi connectivity index (χ0) is 22.1. The molecule has 0 radical (unpaired) electrons. The summed E-state index contributed by atoms with van der Waals surface area (Å²) in [5.41, 5.74) is -0.109. The predicted octanol–water partition coefficient (Wildman–Crippen LogP) is 4.03. The molecule has 2 atom stereocenters. The molecule has 1 aromatic carbocycles. The lowest BCUT2D eigenvalue weighted by atomic mass is 9.91. The molecule has 1 heterocycles. The van der Waals surface area contributed by atoms with Gasteiger partial charge in [0, 0.05) is 24.9 Å². The molecule has 8 heteroatoms. The molecule has 1 aromatic rings. The van der Waals surface area contributed by atoms with Crippen molar-refractivity contribution >= 4 is 15.9 Å². The van der Waals surface area contributed by atoms with Gasteiger partial charge in [-0.05, 0) is 69.9 Å². The Morgan fingerprint density at radius 3 is 2.47 bits per heavy atom. The third-order valence-electron chi connectivity index (χ3n) is 5.82. The van der Waals surface area contributed by atoms with E-state index in [1.165, 1.54) is 12.1 Å². The molecule has 0 bridgehead atoms. The van der Waals surface area contributed by atoms with Gasteiger partial charge in [0.05, 0.1) is 18.1 Å². The average molecular weight is 442 g/mol. The predicted molar refractivity (Wildman–Crippen MR) is 111 cm³/mol. The summed E-state index contributed by atoms with van der Waals surface area (Å²) in [5, 5.41) is 0. The standard InChI is InChI=1S/C22H32FNO5S/c1-22(2,3)29-21(25)24-9-7-15(8-10-24)19-11-17(19)14-28-13-16-5-6-18(12-20(16)23)30(4,26)27/h5-6,12,15,17,19H,7-11,13-14H2,1-4H3. The highest BCUT2D eigenvalue weighted by Gasteiger charge is 2.44. The molecule has 0 spiro atoms. The van der Waals surface area contributed by atoms with Gasteiger partial charge in [-0.2, -0.15) is 0 Å². The summed E-state index contributed by atoms with van der Waals surface area (Å²) in [5.74, 6) is 1.10. The van der Waals surface area contributed by atoms with E-state index in [0.717, 1.165) is 44.7 Å². The van der Waals surface area contributed by atoms with Crippen LogP contribution in [0.1, 0.15) is 45.6 Å². The van der Waals surface area contributed by atoms with Crippen LogP contribution in [-0.2, 0) is 25.9 Å². The summed E-state index contributed by atoms with van der Waals surface area (Å²) in [7, 11) is -3.42. The Balaban J connectivity index is 1.39. The summed E-state index contributed by atoms with van der Waals surface area (Å²) in [4.78, 5) is 13.9. The lowest BCUT2D eigenvalue weighted by Crippen LogP contribution is -2.42. The van der Waals surface area contributed by atoms with Crippen LogP contribution in [-0.4, -0.2) is 51.0 Å². The Hall–Kier alpha value is -1.67. The van der Waals surface area contributed by atoms with Gasteiger partial charge in [0.15, 0.2) is 9.84 Å². The molecular weight excluding hydrogens is 409 g/mol. The number of hydrogen-bond acceptors (Lipinski definition) is 5. The maximum atomic E-state index is 14.1. The zero-order valence-electron chi connectivity index (χ0n) is 18.2. The van der Waals surface area contributed by atoms with Crippen molar-refractivity contribution in [2.45, 2.75) is 57.1 Å². The molecule has 0 aromatic heterocycles. The lowest BCUT2D eigenvalue weighted by Gasteiger charge is -2.33. The van der Waals surface area contributed by atoms with Crippen molar-refractivity contribution in [2.24, 2.45) is 17.8 Å². The van der Waals surface area contributed by atoms with Crippen LogP contribution in [0.5, 0.6) is 0 Å². The molecule has 1 amide bonds. The molecule has 1 aliphatic heterocycles. The van der Waals surface area contributed by atoms with E-state index in [2.05, 4.69) is 0 Å². The van der Waals surface area contributed by atoms with E-state index in [-0.39, 0.29) is 17.6 Å². The fourth-order valence-electron chi connectivity index (χ4n) is 4.07. The van der Waals surface area contributed by atoms with E-state index in [1.807, 2.05) is 20.8 Å². The summed E-state index contributed by atoms with van der Waals surface area (Å²) in [6, 6.07) is 3.93. The summed E-state index contributed by atoms with van der Waals surface area (Å²) >= 11 is 0. The average Bonchev–Trinajstić information content (AvgIpc) is 3.40. The number of carbonyl (C=O) groups excluding carboxylic acids is 1. The summed E-state index contributed by atoms with van der Waals surface area (Å²) in [6.45, 7) is 7.78. The van der Waals surface area contributed by atoms with Gasteiger partial charge in [-0.25, -0.2) is 17.6 Å². The van der Waals surface area contributed by atoms with Gasteiger partial charge in [0.2, 0.25) is 0 Å². The number of rotatable bonds is 6. The molecular formula is C22H32FNO5S. The highest BCUT2D eigenvalue weighted by molar-refractivity contribution is 7.90. The molecule has 168 valence electrons. The first kappa shape index (κ1) is 23.0. The van der Waals surface area contributed by atoms with Gasteiger partial charge in [-0.15, -0.1) is 0 Å².